The lowest BCUT2D eigenvalue weighted by Gasteiger charge is -2.28. The normalized spacial score (nSPS) is 15.3. The second kappa shape index (κ2) is 5.40. The summed E-state index contributed by atoms with van der Waals surface area (Å²) in [5, 5.41) is 4.33. The lowest BCUT2D eigenvalue weighted by Crippen LogP contribution is -2.33. The first kappa shape index (κ1) is 13.2. The molecule has 0 radical (unpaired) electrons. The number of nitrogens with zero attached hydrogens (tertiary/aromatic N) is 3. The Labute approximate surface area is 132 Å². The molecule has 3 aromatic heterocycles. The molecule has 5 heteroatoms. The van der Waals surface area contributed by atoms with E-state index in [2.05, 4.69) is 50.3 Å². The lowest BCUT2D eigenvalue weighted by molar-refractivity contribution is 0.211. The molecule has 0 fully saturated rings. The van der Waals surface area contributed by atoms with Crippen LogP contribution in [0.4, 0.5) is 0 Å². The number of imidazole rings is 1. The van der Waals surface area contributed by atoms with E-state index in [9.17, 15) is 0 Å². The predicted octanol–water partition coefficient (Wildman–Crippen LogP) is 4.00. The Morgan fingerprint density at radius 2 is 2.19 bits per heavy atom. The fourth-order valence-corrected chi connectivity index (χ4v) is 4.46. The molecule has 0 amide bonds. The third-order valence-electron chi connectivity index (χ3n) is 3.94. The van der Waals surface area contributed by atoms with Crippen LogP contribution in [0.3, 0.4) is 0 Å². The van der Waals surface area contributed by atoms with E-state index >= 15 is 0 Å². The first-order chi connectivity index (χ1) is 10.3. The molecule has 0 N–H and O–H groups in total. The fourth-order valence-electron chi connectivity index (χ4n) is 2.88. The molecule has 21 heavy (non-hydrogen) atoms. The zero-order valence-corrected chi connectivity index (χ0v) is 13.6. The Morgan fingerprint density at radius 3 is 2.95 bits per heavy atom. The third-order valence-corrected chi connectivity index (χ3v) is 5.60. The molecule has 3 aromatic rings. The first-order valence-corrected chi connectivity index (χ1v) is 8.90. The molecule has 0 atom stereocenters. The second-order valence-corrected chi connectivity index (χ2v) is 7.60. The van der Waals surface area contributed by atoms with Crippen LogP contribution in [-0.4, -0.2) is 21.0 Å². The van der Waals surface area contributed by atoms with Gasteiger partial charge in [-0.05, 0) is 30.5 Å². The highest BCUT2D eigenvalue weighted by molar-refractivity contribution is 7.11. The molecule has 0 unspecified atom stereocenters. The molecule has 0 aliphatic carbocycles. The van der Waals surface area contributed by atoms with Crippen LogP contribution in [0.5, 0.6) is 0 Å². The fraction of sp³-hybridized carbons (Fsp3) is 0.312. The van der Waals surface area contributed by atoms with Crippen molar-refractivity contribution >= 4 is 22.7 Å². The molecule has 0 saturated heterocycles. The summed E-state index contributed by atoms with van der Waals surface area (Å²) in [6.45, 7) is 6.28. The second-order valence-electron chi connectivity index (χ2n) is 5.45. The SMILES string of the molecule is Cc1ccc(CN2CCn3c(-c4ccsc4)cnc3C2)s1. The van der Waals surface area contributed by atoms with Crippen molar-refractivity contribution in [3.63, 3.8) is 0 Å². The molecular formula is C16H17N3S2. The Bertz CT molecular complexity index is 740. The van der Waals surface area contributed by atoms with Crippen LogP contribution in [0, 0.1) is 6.92 Å². The number of hydrogen-bond acceptors (Lipinski definition) is 4. The lowest BCUT2D eigenvalue weighted by atomic mass is 10.2. The minimum atomic E-state index is 0.946. The van der Waals surface area contributed by atoms with Crippen LogP contribution in [0.2, 0.25) is 0 Å². The molecule has 0 spiro atoms. The minimum Gasteiger partial charge on any atom is -0.326 e. The van der Waals surface area contributed by atoms with Crippen LogP contribution in [0.25, 0.3) is 11.3 Å². The molecule has 1 aliphatic heterocycles. The number of rotatable bonds is 3. The van der Waals surface area contributed by atoms with Gasteiger partial charge in [-0.25, -0.2) is 4.98 Å². The number of thiophene rings is 2. The Balaban J connectivity index is 1.53. The number of hydrogen-bond donors (Lipinski definition) is 0. The topological polar surface area (TPSA) is 21.1 Å². The minimum absolute atomic E-state index is 0.946. The maximum atomic E-state index is 4.64. The molecule has 0 saturated carbocycles. The van der Waals surface area contributed by atoms with E-state index in [-0.39, 0.29) is 0 Å². The number of aryl methyl sites for hydroxylation is 1. The van der Waals surface area contributed by atoms with Crippen molar-refractivity contribution in [2.45, 2.75) is 26.6 Å². The van der Waals surface area contributed by atoms with Gasteiger partial charge in [-0.3, -0.25) is 4.90 Å². The van der Waals surface area contributed by atoms with E-state index in [1.165, 1.54) is 26.8 Å². The van der Waals surface area contributed by atoms with Crippen LogP contribution >= 0.6 is 22.7 Å². The van der Waals surface area contributed by atoms with Crippen LogP contribution in [0.15, 0.2) is 35.2 Å². The van der Waals surface area contributed by atoms with E-state index in [1.807, 2.05) is 17.5 Å². The average Bonchev–Trinajstić information content (AvgIpc) is 3.18. The van der Waals surface area contributed by atoms with Gasteiger partial charge in [0.15, 0.2) is 0 Å². The van der Waals surface area contributed by atoms with Gasteiger partial charge in [0.05, 0.1) is 18.4 Å². The summed E-state index contributed by atoms with van der Waals surface area (Å²) in [7, 11) is 0. The van der Waals surface area contributed by atoms with Gasteiger partial charge in [0.25, 0.3) is 0 Å². The van der Waals surface area contributed by atoms with Gasteiger partial charge >= 0.3 is 0 Å². The van der Waals surface area contributed by atoms with Crippen LogP contribution in [0.1, 0.15) is 15.6 Å². The summed E-state index contributed by atoms with van der Waals surface area (Å²) in [4.78, 5) is 9.97. The summed E-state index contributed by atoms with van der Waals surface area (Å²) < 4.78 is 2.37. The van der Waals surface area contributed by atoms with Crippen molar-refractivity contribution in [2.75, 3.05) is 6.54 Å². The van der Waals surface area contributed by atoms with E-state index in [4.69, 9.17) is 0 Å². The van der Waals surface area contributed by atoms with Gasteiger partial charge in [0.2, 0.25) is 0 Å². The summed E-state index contributed by atoms with van der Waals surface area (Å²) in [6, 6.07) is 6.63. The van der Waals surface area contributed by atoms with Gasteiger partial charge in [-0.15, -0.1) is 11.3 Å². The molecule has 108 valence electrons. The summed E-state index contributed by atoms with van der Waals surface area (Å²) in [5.41, 5.74) is 2.55. The maximum Gasteiger partial charge on any atom is 0.123 e. The summed E-state index contributed by atoms with van der Waals surface area (Å²) in [5.74, 6) is 1.19. The standard InChI is InChI=1S/C16H17N3S2/c1-12-2-3-14(21-12)9-18-5-6-19-15(8-17-16(19)10-18)13-4-7-20-11-13/h2-4,7-8,11H,5-6,9-10H2,1H3. The van der Waals surface area contributed by atoms with E-state index < -0.39 is 0 Å². The van der Waals surface area contributed by atoms with E-state index in [0.29, 0.717) is 0 Å². The summed E-state index contributed by atoms with van der Waals surface area (Å²) in [6.07, 6.45) is 2.02. The highest BCUT2D eigenvalue weighted by Gasteiger charge is 2.20. The van der Waals surface area contributed by atoms with Gasteiger partial charge in [0.1, 0.15) is 5.82 Å². The highest BCUT2D eigenvalue weighted by atomic mass is 32.1. The molecule has 0 aromatic carbocycles. The van der Waals surface area contributed by atoms with E-state index in [1.54, 1.807) is 11.3 Å². The smallest absolute Gasteiger partial charge is 0.123 e. The first-order valence-electron chi connectivity index (χ1n) is 7.14. The molecular weight excluding hydrogens is 298 g/mol. The molecule has 4 rings (SSSR count). The van der Waals surface area contributed by atoms with Crippen molar-refractivity contribution in [1.29, 1.82) is 0 Å². The van der Waals surface area contributed by atoms with Crippen molar-refractivity contribution in [3.8, 4) is 11.3 Å². The van der Waals surface area contributed by atoms with Crippen molar-refractivity contribution in [1.82, 2.24) is 14.5 Å². The maximum absolute atomic E-state index is 4.64. The van der Waals surface area contributed by atoms with Crippen LogP contribution < -0.4 is 0 Å². The van der Waals surface area contributed by atoms with Crippen molar-refractivity contribution in [3.05, 3.63) is 50.7 Å². The number of aromatic nitrogens is 2. The molecule has 0 bridgehead atoms. The zero-order chi connectivity index (χ0) is 14.2. The van der Waals surface area contributed by atoms with Gasteiger partial charge < -0.3 is 4.57 Å². The number of fused-ring (bicyclic) bond motifs is 1. The average molecular weight is 315 g/mol. The molecule has 4 heterocycles. The quantitative estimate of drug-likeness (QED) is 0.728. The predicted molar refractivity (Wildman–Crippen MR) is 88.7 cm³/mol. The Hall–Kier alpha value is -1.43. The Morgan fingerprint density at radius 1 is 1.24 bits per heavy atom. The monoisotopic (exact) mass is 315 g/mol. The zero-order valence-electron chi connectivity index (χ0n) is 12.0. The van der Waals surface area contributed by atoms with Crippen molar-refractivity contribution in [2.24, 2.45) is 0 Å². The largest absolute Gasteiger partial charge is 0.326 e. The third kappa shape index (κ3) is 2.57. The highest BCUT2D eigenvalue weighted by Crippen LogP contribution is 2.27. The van der Waals surface area contributed by atoms with Gasteiger partial charge in [-0.2, -0.15) is 11.3 Å². The van der Waals surface area contributed by atoms with Gasteiger partial charge in [-0.1, -0.05) is 0 Å². The summed E-state index contributed by atoms with van der Waals surface area (Å²) >= 11 is 3.64. The van der Waals surface area contributed by atoms with Crippen LogP contribution in [-0.2, 0) is 19.6 Å². The van der Waals surface area contributed by atoms with Gasteiger partial charge in [0, 0.05) is 40.3 Å². The Kier molecular flexibility index (Phi) is 3.41. The van der Waals surface area contributed by atoms with Crippen molar-refractivity contribution < 1.29 is 0 Å². The molecule has 3 nitrogen and oxygen atoms in total. The molecule has 1 aliphatic rings. The van der Waals surface area contributed by atoms with E-state index in [0.717, 1.165) is 26.2 Å².